The molecule has 0 saturated carbocycles. The summed E-state index contributed by atoms with van der Waals surface area (Å²) in [6.45, 7) is -0.666. The van der Waals surface area contributed by atoms with Crippen LogP contribution in [0.5, 0.6) is 5.75 Å². The van der Waals surface area contributed by atoms with Crippen molar-refractivity contribution in [2.45, 2.75) is 4.90 Å². The second-order valence-corrected chi connectivity index (χ2v) is 4.60. The zero-order valence-electron chi connectivity index (χ0n) is 8.50. The normalized spacial score (nSPS) is 11.1. The zero-order chi connectivity index (χ0) is 12.2. The summed E-state index contributed by atoms with van der Waals surface area (Å²) in [5.41, 5.74) is 0. The number of rotatable bonds is 5. The molecule has 0 radical (unpaired) electrons. The lowest BCUT2D eigenvalue weighted by Crippen LogP contribution is -2.29. The van der Waals surface area contributed by atoms with E-state index >= 15 is 0 Å². The molecule has 0 amide bonds. The molecule has 0 bridgehead atoms. The second kappa shape index (κ2) is 4.95. The molecule has 1 aromatic carbocycles. The van der Waals surface area contributed by atoms with Gasteiger partial charge in [0.25, 0.3) is 0 Å². The van der Waals surface area contributed by atoms with Crippen molar-refractivity contribution in [1.29, 1.82) is 0 Å². The summed E-state index contributed by atoms with van der Waals surface area (Å²) in [5, 5.41) is 8.39. The third-order valence-electron chi connectivity index (χ3n) is 1.77. The fourth-order valence-corrected chi connectivity index (χ4v) is 2.22. The van der Waals surface area contributed by atoms with E-state index in [-0.39, 0.29) is 10.6 Å². The standard InChI is InChI=1S/C9H11NO5S/c1-15-7-4-2-3-5-8(7)16(13,14)10-6-9(11)12/h2-5,10H,6H2,1H3,(H,11,12). The van der Waals surface area contributed by atoms with Crippen molar-refractivity contribution in [2.24, 2.45) is 0 Å². The maximum atomic E-state index is 11.7. The number of hydrogen-bond donors (Lipinski definition) is 2. The maximum absolute atomic E-state index is 11.7. The van der Waals surface area contributed by atoms with Gasteiger partial charge in [0.15, 0.2) is 0 Å². The monoisotopic (exact) mass is 245 g/mol. The number of carbonyl (C=O) groups is 1. The molecule has 0 fully saturated rings. The zero-order valence-corrected chi connectivity index (χ0v) is 9.32. The van der Waals surface area contributed by atoms with E-state index in [4.69, 9.17) is 9.84 Å². The van der Waals surface area contributed by atoms with Gasteiger partial charge in [-0.15, -0.1) is 0 Å². The van der Waals surface area contributed by atoms with Crippen molar-refractivity contribution in [3.8, 4) is 5.75 Å². The average molecular weight is 245 g/mol. The predicted octanol–water partition coefficient (Wildman–Crippen LogP) is 0.0581. The van der Waals surface area contributed by atoms with Crippen LogP contribution in [0.3, 0.4) is 0 Å². The Morgan fingerprint density at radius 3 is 2.62 bits per heavy atom. The van der Waals surface area contributed by atoms with Gasteiger partial charge in [-0.2, -0.15) is 4.72 Å². The van der Waals surface area contributed by atoms with Crippen LogP contribution in [0, 0.1) is 0 Å². The predicted molar refractivity (Wildman–Crippen MR) is 55.8 cm³/mol. The molecule has 16 heavy (non-hydrogen) atoms. The van der Waals surface area contributed by atoms with E-state index in [1.165, 1.54) is 25.3 Å². The van der Waals surface area contributed by atoms with Crippen LogP contribution in [-0.4, -0.2) is 33.1 Å². The molecular weight excluding hydrogens is 234 g/mol. The molecule has 7 heteroatoms. The van der Waals surface area contributed by atoms with E-state index in [0.29, 0.717) is 0 Å². The molecule has 0 atom stereocenters. The second-order valence-electron chi connectivity index (χ2n) is 2.87. The van der Waals surface area contributed by atoms with Crippen molar-refractivity contribution in [3.63, 3.8) is 0 Å². The summed E-state index contributed by atoms with van der Waals surface area (Å²) in [6, 6.07) is 5.96. The van der Waals surface area contributed by atoms with E-state index in [1.54, 1.807) is 6.07 Å². The molecule has 0 aromatic heterocycles. The minimum atomic E-state index is -3.85. The van der Waals surface area contributed by atoms with Crippen LogP contribution >= 0.6 is 0 Å². The Hall–Kier alpha value is -1.60. The highest BCUT2D eigenvalue weighted by atomic mass is 32.2. The van der Waals surface area contributed by atoms with E-state index < -0.39 is 22.5 Å². The van der Waals surface area contributed by atoms with Crippen LogP contribution in [0.25, 0.3) is 0 Å². The lowest BCUT2D eigenvalue weighted by atomic mass is 10.3. The van der Waals surface area contributed by atoms with Crippen molar-refractivity contribution >= 4 is 16.0 Å². The Morgan fingerprint density at radius 2 is 2.06 bits per heavy atom. The van der Waals surface area contributed by atoms with E-state index in [1.807, 2.05) is 4.72 Å². The van der Waals surface area contributed by atoms with Crippen LogP contribution in [0.15, 0.2) is 29.2 Å². The summed E-state index contributed by atoms with van der Waals surface area (Å²) in [7, 11) is -2.52. The van der Waals surface area contributed by atoms with Crippen LogP contribution in [0.1, 0.15) is 0 Å². The highest BCUT2D eigenvalue weighted by molar-refractivity contribution is 7.89. The Morgan fingerprint density at radius 1 is 1.44 bits per heavy atom. The number of hydrogen-bond acceptors (Lipinski definition) is 4. The molecule has 0 unspecified atom stereocenters. The molecule has 6 nitrogen and oxygen atoms in total. The van der Waals surface area contributed by atoms with Crippen molar-refractivity contribution in [3.05, 3.63) is 24.3 Å². The van der Waals surface area contributed by atoms with E-state index in [2.05, 4.69) is 0 Å². The number of para-hydroxylation sites is 1. The first-order valence-electron chi connectivity index (χ1n) is 4.32. The molecule has 0 aliphatic carbocycles. The lowest BCUT2D eigenvalue weighted by Gasteiger charge is -2.08. The molecule has 0 heterocycles. The number of benzene rings is 1. The Bertz CT molecular complexity index is 482. The van der Waals surface area contributed by atoms with Gasteiger partial charge >= 0.3 is 5.97 Å². The van der Waals surface area contributed by atoms with Crippen LogP contribution in [0.4, 0.5) is 0 Å². The van der Waals surface area contributed by atoms with Crippen LogP contribution in [0.2, 0.25) is 0 Å². The SMILES string of the molecule is COc1ccccc1S(=O)(=O)NCC(=O)O. The Kier molecular flexibility index (Phi) is 3.86. The minimum Gasteiger partial charge on any atom is -0.495 e. The lowest BCUT2D eigenvalue weighted by molar-refractivity contribution is -0.135. The molecule has 1 rings (SSSR count). The topological polar surface area (TPSA) is 92.7 Å². The number of carboxylic acids is 1. The number of nitrogens with one attached hydrogen (secondary N) is 1. The summed E-state index contributed by atoms with van der Waals surface area (Å²) in [5.74, 6) is -1.08. The third kappa shape index (κ3) is 2.94. The molecule has 0 aliphatic rings. The van der Waals surface area contributed by atoms with Gasteiger partial charge in [0, 0.05) is 0 Å². The number of sulfonamides is 1. The van der Waals surface area contributed by atoms with Gasteiger partial charge in [-0.1, -0.05) is 12.1 Å². The Balaban J connectivity index is 3.02. The van der Waals surface area contributed by atoms with Gasteiger partial charge in [-0.05, 0) is 12.1 Å². The van der Waals surface area contributed by atoms with Crippen molar-refractivity contribution in [2.75, 3.05) is 13.7 Å². The molecule has 0 spiro atoms. The van der Waals surface area contributed by atoms with Gasteiger partial charge in [-0.25, -0.2) is 8.42 Å². The molecular formula is C9H11NO5S. The number of ether oxygens (including phenoxy) is 1. The van der Waals surface area contributed by atoms with Gasteiger partial charge in [0.05, 0.1) is 7.11 Å². The Labute approximate surface area is 92.9 Å². The van der Waals surface area contributed by atoms with Crippen molar-refractivity contribution < 1.29 is 23.1 Å². The van der Waals surface area contributed by atoms with E-state index in [9.17, 15) is 13.2 Å². The number of aliphatic carboxylic acids is 1. The quantitative estimate of drug-likeness (QED) is 0.765. The van der Waals surface area contributed by atoms with Crippen LogP contribution < -0.4 is 9.46 Å². The first-order valence-corrected chi connectivity index (χ1v) is 5.80. The fraction of sp³-hybridized carbons (Fsp3) is 0.222. The first-order chi connectivity index (χ1) is 7.47. The molecule has 88 valence electrons. The molecule has 1 aromatic rings. The van der Waals surface area contributed by atoms with E-state index in [0.717, 1.165) is 0 Å². The first kappa shape index (κ1) is 12.5. The molecule has 2 N–H and O–H groups in total. The summed E-state index contributed by atoms with van der Waals surface area (Å²) in [6.07, 6.45) is 0. The van der Waals surface area contributed by atoms with Gasteiger partial charge < -0.3 is 9.84 Å². The van der Waals surface area contributed by atoms with Gasteiger partial charge in [0.1, 0.15) is 17.2 Å². The summed E-state index contributed by atoms with van der Waals surface area (Å²) >= 11 is 0. The maximum Gasteiger partial charge on any atom is 0.318 e. The summed E-state index contributed by atoms with van der Waals surface area (Å²) in [4.78, 5) is 10.2. The highest BCUT2D eigenvalue weighted by Gasteiger charge is 2.19. The third-order valence-corrected chi connectivity index (χ3v) is 3.21. The van der Waals surface area contributed by atoms with Gasteiger partial charge in [-0.3, -0.25) is 4.79 Å². The fourth-order valence-electron chi connectivity index (χ4n) is 1.08. The smallest absolute Gasteiger partial charge is 0.318 e. The minimum absolute atomic E-state index is 0.0845. The molecule has 0 aliphatic heterocycles. The summed E-state index contributed by atoms with van der Waals surface area (Å²) < 4.78 is 30.1. The van der Waals surface area contributed by atoms with Crippen LogP contribution in [-0.2, 0) is 14.8 Å². The molecule has 0 saturated heterocycles. The van der Waals surface area contributed by atoms with Gasteiger partial charge in [0.2, 0.25) is 10.0 Å². The average Bonchev–Trinajstić information content (AvgIpc) is 2.26. The largest absolute Gasteiger partial charge is 0.495 e. The highest BCUT2D eigenvalue weighted by Crippen LogP contribution is 2.22. The van der Waals surface area contributed by atoms with Crippen molar-refractivity contribution in [1.82, 2.24) is 4.72 Å². The number of carboxylic acid groups (broad SMARTS) is 1. The number of methoxy groups -OCH3 is 1.